The average Bonchev–Trinajstić information content (AvgIpc) is 3.60. The second-order valence-corrected chi connectivity index (χ2v) is 10.9. The van der Waals surface area contributed by atoms with Gasteiger partial charge in [0, 0.05) is 51.4 Å². The van der Waals surface area contributed by atoms with Gasteiger partial charge in [-0.1, -0.05) is 25.7 Å². The zero-order valence-corrected chi connectivity index (χ0v) is 22.5. The molecule has 5 rings (SSSR count). The first-order valence-electron chi connectivity index (χ1n) is 13.6. The molecule has 2 saturated heterocycles. The van der Waals surface area contributed by atoms with Crippen LogP contribution in [0.25, 0.3) is 6.08 Å². The number of nitrogens with one attached hydrogen (secondary N) is 3. The predicted octanol–water partition coefficient (Wildman–Crippen LogP) is 3.28. The quantitative estimate of drug-likeness (QED) is 0.456. The van der Waals surface area contributed by atoms with E-state index in [-0.39, 0.29) is 11.8 Å². The number of carbonyl (C=O) groups is 2. The third-order valence-electron chi connectivity index (χ3n) is 7.98. The van der Waals surface area contributed by atoms with E-state index < -0.39 is 0 Å². The molecule has 3 fully saturated rings. The third-order valence-corrected chi connectivity index (χ3v) is 7.98. The maximum atomic E-state index is 12.9. The van der Waals surface area contributed by atoms with Crippen LogP contribution >= 0.6 is 0 Å². The smallest absolute Gasteiger partial charge is 0.249 e. The van der Waals surface area contributed by atoms with Crippen molar-refractivity contribution in [2.45, 2.75) is 38.5 Å². The molecule has 0 bridgehead atoms. The van der Waals surface area contributed by atoms with Crippen LogP contribution in [-0.4, -0.2) is 72.4 Å². The Labute approximate surface area is 224 Å². The molecule has 3 N–H and O–H groups in total. The van der Waals surface area contributed by atoms with Crippen molar-refractivity contribution >= 4 is 41.2 Å². The van der Waals surface area contributed by atoms with Crippen molar-refractivity contribution in [3.8, 4) is 0 Å². The second kappa shape index (κ2) is 11.5. The topological polar surface area (TPSA) is 115 Å². The van der Waals surface area contributed by atoms with Gasteiger partial charge >= 0.3 is 0 Å². The van der Waals surface area contributed by atoms with Gasteiger partial charge in [0.1, 0.15) is 11.6 Å². The SMILES string of the molecule is CNc1nc(Nc2ccc(N3CC4CNCC4CC3=O)cn2)ncc1C=C(CC1CCCC1)C(=O)N(C)C. The van der Waals surface area contributed by atoms with E-state index in [4.69, 9.17) is 0 Å². The highest BCUT2D eigenvalue weighted by Crippen LogP contribution is 2.33. The van der Waals surface area contributed by atoms with Gasteiger partial charge in [0.15, 0.2) is 0 Å². The summed E-state index contributed by atoms with van der Waals surface area (Å²) in [5.41, 5.74) is 2.36. The zero-order valence-electron chi connectivity index (χ0n) is 22.5. The van der Waals surface area contributed by atoms with Gasteiger partial charge in [0.25, 0.3) is 0 Å². The number of likely N-dealkylation sites (N-methyl/N-ethyl adjacent to an activating group) is 1. The fourth-order valence-corrected chi connectivity index (χ4v) is 5.86. The monoisotopic (exact) mass is 518 g/mol. The van der Waals surface area contributed by atoms with Gasteiger partial charge in [-0.25, -0.2) is 9.97 Å². The molecule has 0 spiro atoms. The number of pyridine rings is 1. The highest BCUT2D eigenvalue weighted by molar-refractivity contribution is 5.98. The maximum Gasteiger partial charge on any atom is 0.249 e. The second-order valence-electron chi connectivity index (χ2n) is 10.9. The third kappa shape index (κ3) is 5.80. The lowest BCUT2D eigenvalue weighted by Gasteiger charge is -2.34. The number of aromatic nitrogens is 3. The molecule has 0 radical (unpaired) electrons. The Morgan fingerprint density at radius 3 is 2.66 bits per heavy atom. The molecule has 0 aromatic carbocycles. The lowest BCUT2D eigenvalue weighted by atomic mass is 9.88. The van der Waals surface area contributed by atoms with E-state index in [1.54, 1.807) is 38.4 Å². The van der Waals surface area contributed by atoms with Gasteiger partial charge in [-0.05, 0) is 55.5 Å². The number of carbonyl (C=O) groups excluding carboxylic acids is 2. The molecule has 1 saturated carbocycles. The summed E-state index contributed by atoms with van der Waals surface area (Å²) in [6.45, 7) is 2.62. The first-order chi connectivity index (χ1) is 18.4. The molecule has 202 valence electrons. The minimum absolute atomic E-state index is 0.0253. The molecule has 2 aromatic rings. The molecule has 1 aliphatic carbocycles. The number of piperidine rings is 1. The Morgan fingerprint density at radius 2 is 1.95 bits per heavy atom. The molecule has 2 amide bonds. The van der Waals surface area contributed by atoms with Crippen molar-refractivity contribution in [1.82, 2.24) is 25.2 Å². The lowest BCUT2D eigenvalue weighted by molar-refractivity contribution is -0.125. The van der Waals surface area contributed by atoms with Crippen molar-refractivity contribution in [3.63, 3.8) is 0 Å². The number of fused-ring (bicyclic) bond motifs is 1. The van der Waals surface area contributed by atoms with Gasteiger partial charge in [-0.2, -0.15) is 4.98 Å². The van der Waals surface area contributed by atoms with E-state index in [1.165, 1.54) is 25.7 Å². The van der Waals surface area contributed by atoms with Crippen LogP contribution in [0.3, 0.4) is 0 Å². The Balaban J connectivity index is 1.30. The summed E-state index contributed by atoms with van der Waals surface area (Å²) in [4.78, 5) is 42.7. The molecule has 2 aromatic heterocycles. The van der Waals surface area contributed by atoms with Crippen LogP contribution in [0.5, 0.6) is 0 Å². The van der Waals surface area contributed by atoms with Crippen LogP contribution in [0.15, 0.2) is 30.1 Å². The first kappa shape index (κ1) is 26.1. The number of hydrogen-bond acceptors (Lipinski definition) is 8. The Morgan fingerprint density at radius 1 is 1.16 bits per heavy atom. The zero-order chi connectivity index (χ0) is 26.6. The van der Waals surface area contributed by atoms with Crippen molar-refractivity contribution < 1.29 is 9.59 Å². The van der Waals surface area contributed by atoms with Crippen LogP contribution in [0.4, 0.5) is 23.3 Å². The molecule has 4 heterocycles. The average molecular weight is 519 g/mol. The molecule has 3 aliphatic rings. The summed E-state index contributed by atoms with van der Waals surface area (Å²) in [5, 5.41) is 9.69. The van der Waals surface area contributed by atoms with E-state index in [0.29, 0.717) is 41.8 Å². The maximum absolute atomic E-state index is 12.9. The highest BCUT2D eigenvalue weighted by atomic mass is 16.2. The molecular weight excluding hydrogens is 480 g/mol. The number of rotatable bonds is 8. The van der Waals surface area contributed by atoms with Crippen LogP contribution in [0.2, 0.25) is 0 Å². The standard InChI is InChI=1S/C28H38N8O2/c1-29-26-21(11-19(27(38)35(2)3)10-18-6-4-5-7-18)15-32-28(34-26)33-24-9-8-23(16-31-24)36-17-22-14-30-13-20(22)12-25(36)37/h8-9,11,15-16,18,20,22,30H,4-7,10,12-14,17H2,1-3H3,(H2,29,31,32,33,34). The lowest BCUT2D eigenvalue weighted by Crippen LogP contribution is -2.44. The molecule has 2 atom stereocenters. The van der Waals surface area contributed by atoms with Crippen LogP contribution in [0.1, 0.15) is 44.1 Å². The summed E-state index contributed by atoms with van der Waals surface area (Å²) >= 11 is 0. The fraction of sp³-hybridized carbons (Fsp3) is 0.536. The summed E-state index contributed by atoms with van der Waals surface area (Å²) in [6.07, 6.45) is 11.5. The van der Waals surface area contributed by atoms with Crippen LogP contribution in [-0.2, 0) is 9.59 Å². The summed E-state index contributed by atoms with van der Waals surface area (Å²) in [7, 11) is 5.38. The highest BCUT2D eigenvalue weighted by Gasteiger charge is 2.37. The number of amides is 2. The summed E-state index contributed by atoms with van der Waals surface area (Å²) < 4.78 is 0. The summed E-state index contributed by atoms with van der Waals surface area (Å²) in [6, 6.07) is 3.75. The molecule has 38 heavy (non-hydrogen) atoms. The number of anilines is 4. The van der Waals surface area contributed by atoms with Gasteiger partial charge in [-0.15, -0.1) is 0 Å². The van der Waals surface area contributed by atoms with E-state index in [2.05, 4.69) is 30.9 Å². The van der Waals surface area contributed by atoms with Crippen LogP contribution < -0.4 is 20.9 Å². The van der Waals surface area contributed by atoms with Crippen LogP contribution in [0, 0.1) is 17.8 Å². The van der Waals surface area contributed by atoms with Gasteiger partial charge < -0.3 is 25.8 Å². The number of hydrogen-bond donors (Lipinski definition) is 3. The Bertz CT molecular complexity index is 1190. The molecule has 10 heteroatoms. The predicted molar refractivity (Wildman–Crippen MR) is 149 cm³/mol. The van der Waals surface area contributed by atoms with Crippen molar-refractivity contribution in [2.75, 3.05) is 56.3 Å². The minimum atomic E-state index is 0.0253. The normalized spacial score (nSPS) is 21.9. The summed E-state index contributed by atoms with van der Waals surface area (Å²) in [5.74, 6) is 3.30. The van der Waals surface area contributed by atoms with E-state index in [1.807, 2.05) is 23.1 Å². The Kier molecular flexibility index (Phi) is 7.87. The van der Waals surface area contributed by atoms with Crippen molar-refractivity contribution in [2.24, 2.45) is 17.8 Å². The molecule has 10 nitrogen and oxygen atoms in total. The largest absolute Gasteiger partial charge is 0.372 e. The molecular formula is C28H38N8O2. The minimum Gasteiger partial charge on any atom is -0.372 e. The number of nitrogens with zero attached hydrogens (tertiary/aromatic N) is 5. The van der Waals surface area contributed by atoms with E-state index in [0.717, 1.165) is 42.9 Å². The fourth-order valence-electron chi connectivity index (χ4n) is 5.86. The van der Waals surface area contributed by atoms with Gasteiger partial charge in [-0.3, -0.25) is 9.59 Å². The Hall–Kier alpha value is -3.53. The van der Waals surface area contributed by atoms with Crippen molar-refractivity contribution in [1.29, 1.82) is 0 Å². The molecule has 2 unspecified atom stereocenters. The first-order valence-corrected chi connectivity index (χ1v) is 13.6. The van der Waals surface area contributed by atoms with Gasteiger partial charge in [0.05, 0.1) is 11.9 Å². The van der Waals surface area contributed by atoms with Crippen molar-refractivity contribution in [3.05, 3.63) is 35.7 Å². The van der Waals surface area contributed by atoms with E-state index >= 15 is 0 Å². The molecule has 2 aliphatic heterocycles. The van der Waals surface area contributed by atoms with Gasteiger partial charge in [0.2, 0.25) is 17.8 Å². The van der Waals surface area contributed by atoms with E-state index in [9.17, 15) is 9.59 Å².